The van der Waals surface area contributed by atoms with Crippen molar-refractivity contribution in [1.82, 2.24) is 9.55 Å². The molecule has 0 saturated carbocycles. The first-order chi connectivity index (χ1) is 11.5. The maximum Gasteiger partial charge on any atom is 0.330 e. The Kier molecular flexibility index (Phi) is 5.77. The van der Waals surface area contributed by atoms with E-state index < -0.39 is 25.8 Å². The predicted octanol–water partition coefficient (Wildman–Crippen LogP) is 2.08. The first-order valence-electron chi connectivity index (χ1n) is 8.88. The molecule has 7 nitrogen and oxygen atoms in total. The molecule has 0 radical (unpaired) electrons. The van der Waals surface area contributed by atoms with Gasteiger partial charge in [0.15, 0.2) is 8.32 Å². The molecule has 1 aromatic heterocycles. The number of nitrogens with zero attached hydrogens (tertiary/aromatic N) is 1. The van der Waals surface area contributed by atoms with Crippen LogP contribution in [-0.4, -0.2) is 30.1 Å². The first-order valence-corrected chi connectivity index (χ1v) is 11.8. The van der Waals surface area contributed by atoms with Crippen LogP contribution in [0, 0.1) is 0 Å². The first kappa shape index (κ1) is 20.1. The minimum Gasteiger partial charge on any atom is -0.411 e. The molecule has 0 bridgehead atoms. The zero-order chi connectivity index (χ0) is 19.0. The van der Waals surface area contributed by atoms with Gasteiger partial charge in [0.25, 0.3) is 5.56 Å². The zero-order valence-corrected chi connectivity index (χ0v) is 17.1. The van der Waals surface area contributed by atoms with Gasteiger partial charge in [-0.25, -0.2) is 4.79 Å². The molecule has 3 atom stereocenters. The van der Waals surface area contributed by atoms with Gasteiger partial charge in [0.05, 0.1) is 12.2 Å². The van der Waals surface area contributed by atoms with Crippen molar-refractivity contribution in [2.75, 3.05) is 0 Å². The lowest BCUT2D eigenvalue weighted by Crippen LogP contribution is -2.45. The van der Waals surface area contributed by atoms with E-state index in [2.05, 4.69) is 45.8 Å². The summed E-state index contributed by atoms with van der Waals surface area (Å²) in [5, 5.41) is 0.102. The normalized spacial score (nSPS) is 24.7. The predicted molar refractivity (Wildman–Crippen MR) is 100 cm³/mol. The van der Waals surface area contributed by atoms with Gasteiger partial charge in [-0.2, -0.15) is 0 Å². The minimum absolute atomic E-state index is 0.0592. The third kappa shape index (κ3) is 4.13. The molecule has 25 heavy (non-hydrogen) atoms. The fraction of sp³-hybridized carbons (Fsp3) is 0.765. The second-order valence-corrected chi connectivity index (χ2v) is 13.0. The van der Waals surface area contributed by atoms with E-state index in [0.717, 1.165) is 6.42 Å². The standard InChI is InChI=1S/C17H31N3O4Si/c1-7-12-13(24-25(5,6)17(2,3)4)8-14(23-12)20-10-11(9-18)15(21)19-16(20)22/h10,12-14H,7-9,18H2,1-6H3,(H,19,21,22)/t12-,13+,14-/m1/s1. The van der Waals surface area contributed by atoms with Crippen LogP contribution in [0.25, 0.3) is 0 Å². The van der Waals surface area contributed by atoms with Gasteiger partial charge in [-0.3, -0.25) is 14.3 Å². The minimum atomic E-state index is -1.94. The van der Waals surface area contributed by atoms with Crippen molar-refractivity contribution < 1.29 is 9.16 Å². The smallest absolute Gasteiger partial charge is 0.330 e. The summed E-state index contributed by atoms with van der Waals surface area (Å²) < 4.78 is 14.1. The van der Waals surface area contributed by atoms with Crippen LogP contribution in [-0.2, 0) is 15.7 Å². The molecule has 1 saturated heterocycles. The Bertz CT molecular complexity index is 720. The van der Waals surface area contributed by atoms with Gasteiger partial charge in [0.1, 0.15) is 6.23 Å². The largest absolute Gasteiger partial charge is 0.411 e. The van der Waals surface area contributed by atoms with Crippen LogP contribution in [0.2, 0.25) is 18.1 Å². The van der Waals surface area contributed by atoms with Crippen molar-refractivity contribution in [3.05, 3.63) is 32.6 Å². The fourth-order valence-corrected chi connectivity index (χ4v) is 4.16. The quantitative estimate of drug-likeness (QED) is 0.774. The Morgan fingerprint density at radius 3 is 2.56 bits per heavy atom. The lowest BCUT2D eigenvalue weighted by molar-refractivity contribution is -0.0198. The topological polar surface area (TPSA) is 99.3 Å². The van der Waals surface area contributed by atoms with Gasteiger partial charge in [0, 0.05) is 24.7 Å². The fourth-order valence-electron chi connectivity index (χ4n) is 2.80. The zero-order valence-electron chi connectivity index (χ0n) is 16.1. The maximum absolute atomic E-state index is 12.2. The van der Waals surface area contributed by atoms with Crippen LogP contribution in [0.3, 0.4) is 0 Å². The number of hydrogen-bond donors (Lipinski definition) is 2. The molecule has 0 aliphatic carbocycles. The molecule has 1 aliphatic heterocycles. The molecule has 0 spiro atoms. The number of H-pyrrole nitrogens is 1. The van der Waals surface area contributed by atoms with Crippen LogP contribution in [0.4, 0.5) is 0 Å². The van der Waals surface area contributed by atoms with Gasteiger partial charge in [-0.15, -0.1) is 0 Å². The third-order valence-electron chi connectivity index (χ3n) is 5.41. The van der Waals surface area contributed by atoms with Crippen molar-refractivity contribution in [3.63, 3.8) is 0 Å². The summed E-state index contributed by atoms with van der Waals surface area (Å²) in [4.78, 5) is 26.2. The summed E-state index contributed by atoms with van der Waals surface area (Å²) in [6, 6.07) is 0. The maximum atomic E-state index is 12.2. The Hall–Kier alpha value is -1.22. The summed E-state index contributed by atoms with van der Waals surface area (Å²) in [6.45, 7) is 13.2. The van der Waals surface area contributed by atoms with Crippen molar-refractivity contribution in [1.29, 1.82) is 0 Å². The number of hydrogen-bond acceptors (Lipinski definition) is 5. The Morgan fingerprint density at radius 2 is 2.04 bits per heavy atom. The molecule has 2 rings (SSSR count). The number of aromatic nitrogens is 2. The van der Waals surface area contributed by atoms with Gasteiger partial charge in [-0.1, -0.05) is 27.7 Å². The van der Waals surface area contributed by atoms with E-state index in [-0.39, 0.29) is 23.8 Å². The van der Waals surface area contributed by atoms with Gasteiger partial charge >= 0.3 is 5.69 Å². The summed E-state index contributed by atoms with van der Waals surface area (Å²) in [7, 11) is -1.94. The molecule has 1 aromatic rings. The number of aromatic amines is 1. The second-order valence-electron chi connectivity index (χ2n) is 8.21. The molecule has 0 aromatic carbocycles. The van der Waals surface area contributed by atoms with Crippen molar-refractivity contribution in [3.8, 4) is 0 Å². The average Bonchev–Trinajstić information content (AvgIpc) is 2.88. The van der Waals surface area contributed by atoms with E-state index in [4.69, 9.17) is 14.9 Å². The summed E-state index contributed by atoms with van der Waals surface area (Å²) in [5.74, 6) is 0. The highest BCUT2D eigenvalue weighted by Crippen LogP contribution is 2.41. The number of ether oxygens (including phenoxy) is 1. The molecular formula is C17H31N3O4Si. The number of nitrogens with two attached hydrogens (primary N) is 1. The molecule has 8 heteroatoms. The van der Waals surface area contributed by atoms with Gasteiger partial charge in [0.2, 0.25) is 0 Å². The second kappa shape index (κ2) is 7.18. The van der Waals surface area contributed by atoms with Crippen LogP contribution in [0.15, 0.2) is 15.8 Å². The third-order valence-corrected chi connectivity index (χ3v) is 9.91. The van der Waals surface area contributed by atoms with Gasteiger partial charge in [-0.05, 0) is 24.6 Å². The SMILES string of the molecule is CC[C@H]1O[C@@H](n2cc(CN)c(=O)[nH]c2=O)C[C@@H]1O[Si](C)(C)C(C)(C)C. The Labute approximate surface area is 149 Å². The van der Waals surface area contributed by atoms with Crippen molar-refractivity contribution >= 4 is 8.32 Å². The van der Waals surface area contributed by atoms with Crippen LogP contribution in [0.5, 0.6) is 0 Å². The molecular weight excluding hydrogens is 338 g/mol. The Balaban J connectivity index is 2.28. The molecule has 1 aliphatic rings. The summed E-state index contributed by atoms with van der Waals surface area (Å²) in [5.41, 5.74) is 5.03. The van der Waals surface area contributed by atoms with Crippen molar-refractivity contribution in [2.24, 2.45) is 5.73 Å². The molecule has 1 fully saturated rings. The summed E-state index contributed by atoms with van der Waals surface area (Å²) >= 11 is 0. The van der Waals surface area contributed by atoms with E-state index in [0.29, 0.717) is 12.0 Å². The molecule has 2 heterocycles. The van der Waals surface area contributed by atoms with E-state index >= 15 is 0 Å². The monoisotopic (exact) mass is 369 g/mol. The molecule has 142 valence electrons. The Morgan fingerprint density at radius 1 is 1.40 bits per heavy atom. The average molecular weight is 370 g/mol. The molecule has 0 unspecified atom stereocenters. The van der Waals surface area contributed by atoms with E-state index in [1.807, 2.05) is 0 Å². The number of rotatable bonds is 5. The van der Waals surface area contributed by atoms with Crippen molar-refractivity contribution in [2.45, 2.75) is 83.6 Å². The van der Waals surface area contributed by atoms with Crippen LogP contribution in [0.1, 0.15) is 52.3 Å². The van der Waals surface area contributed by atoms with E-state index in [1.54, 1.807) is 0 Å². The lowest BCUT2D eigenvalue weighted by atomic mass is 10.1. The van der Waals surface area contributed by atoms with Crippen LogP contribution < -0.4 is 17.0 Å². The van der Waals surface area contributed by atoms with E-state index in [9.17, 15) is 9.59 Å². The highest BCUT2D eigenvalue weighted by molar-refractivity contribution is 6.74. The number of nitrogens with one attached hydrogen (secondary N) is 1. The highest BCUT2D eigenvalue weighted by atomic mass is 28.4. The highest BCUT2D eigenvalue weighted by Gasteiger charge is 2.44. The summed E-state index contributed by atoms with van der Waals surface area (Å²) in [6.07, 6.45) is 2.32. The lowest BCUT2D eigenvalue weighted by Gasteiger charge is -2.39. The van der Waals surface area contributed by atoms with Crippen LogP contribution >= 0.6 is 0 Å². The molecule has 0 amide bonds. The van der Waals surface area contributed by atoms with Gasteiger partial charge < -0.3 is 14.9 Å². The van der Waals surface area contributed by atoms with E-state index in [1.165, 1.54) is 10.8 Å². The molecule has 3 N–H and O–H groups in total.